The predicted molar refractivity (Wildman–Crippen MR) is 143 cm³/mol. The van der Waals surface area contributed by atoms with E-state index in [1.165, 1.54) is 6.20 Å². The molecule has 1 aromatic heterocycles. The van der Waals surface area contributed by atoms with Crippen LogP contribution in [0.15, 0.2) is 66.9 Å². The number of pyridine rings is 1. The Kier molecular flexibility index (Phi) is 9.77. The molecule has 8 heteroatoms. The Labute approximate surface area is 217 Å². The van der Waals surface area contributed by atoms with E-state index in [1.807, 2.05) is 62.4 Å². The molecule has 1 atom stereocenters. The van der Waals surface area contributed by atoms with Gasteiger partial charge in [-0.25, -0.2) is 0 Å². The number of methoxy groups -OCH3 is 1. The molecule has 3 rings (SSSR count). The number of nitrogens with zero attached hydrogens (tertiary/aromatic N) is 1. The molecule has 0 saturated heterocycles. The Balaban J connectivity index is 1.71. The highest BCUT2D eigenvalue weighted by Crippen LogP contribution is 2.26. The average Bonchev–Trinajstić information content (AvgIpc) is 2.90. The highest BCUT2D eigenvalue weighted by Gasteiger charge is 2.23. The Morgan fingerprint density at radius 1 is 0.973 bits per heavy atom. The second-order valence-electron chi connectivity index (χ2n) is 9.24. The molecule has 0 aliphatic carbocycles. The van der Waals surface area contributed by atoms with E-state index < -0.39 is 17.9 Å². The predicted octanol–water partition coefficient (Wildman–Crippen LogP) is 3.64. The fourth-order valence-corrected chi connectivity index (χ4v) is 4.02. The lowest BCUT2D eigenvalue weighted by molar-refractivity contribution is -0.121. The summed E-state index contributed by atoms with van der Waals surface area (Å²) in [6.07, 6.45) is 2.92. The number of carbonyl (C=O) groups is 3. The molecule has 3 aromatic rings. The number of nitrogens with two attached hydrogens (primary N) is 1. The maximum Gasteiger partial charge on any atom is 0.271 e. The first-order valence-corrected chi connectivity index (χ1v) is 12.3. The lowest BCUT2D eigenvalue weighted by Gasteiger charge is -2.19. The molecule has 1 heterocycles. The fourth-order valence-electron chi connectivity index (χ4n) is 4.02. The van der Waals surface area contributed by atoms with E-state index in [2.05, 4.69) is 15.6 Å². The van der Waals surface area contributed by atoms with E-state index in [9.17, 15) is 14.4 Å². The summed E-state index contributed by atoms with van der Waals surface area (Å²) in [5.41, 5.74) is 8.97. The molecule has 8 nitrogen and oxygen atoms in total. The van der Waals surface area contributed by atoms with Crippen LogP contribution < -0.4 is 21.1 Å². The highest BCUT2D eigenvalue weighted by atomic mass is 16.5. The molecule has 0 aliphatic heterocycles. The van der Waals surface area contributed by atoms with Gasteiger partial charge in [-0.15, -0.1) is 0 Å². The summed E-state index contributed by atoms with van der Waals surface area (Å²) in [7, 11) is 1.62. The smallest absolute Gasteiger partial charge is 0.271 e. The Morgan fingerprint density at radius 3 is 2.35 bits per heavy atom. The lowest BCUT2D eigenvalue weighted by Crippen LogP contribution is -2.45. The summed E-state index contributed by atoms with van der Waals surface area (Å²) in [4.78, 5) is 41.8. The zero-order chi connectivity index (χ0) is 26.8. The minimum atomic E-state index is -0.789. The molecule has 0 fully saturated rings. The lowest BCUT2D eigenvalue weighted by atomic mass is 9.97. The number of primary amides is 1. The zero-order valence-electron chi connectivity index (χ0n) is 21.5. The topological polar surface area (TPSA) is 123 Å². The van der Waals surface area contributed by atoms with Crippen molar-refractivity contribution in [3.63, 3.8) is 0 Å². The van der Waals surface area contributed by atoms with Gasteiger partial charge in [-0.05, 0) is 53.6 Å². The first-order chi connectivity index (χ1) is 17.8. The molecule has 3 amide bonds. The first-order valence-electron chi connectivity index (χ1n) is 12.3. The van der Waals surface area contributed by atoms with Crippen LogP contribution in [-0.2, 0) is 22.6 Å². The molecule has 0 unspecified atom stereocenters. The molecule has 37 heavy (non-hydrogen) atoms. The number of benzene rings is 2. The highest BCUT2D eigenvalue weighted by molar-refractivity contribution is 6.01. The molecular weight excluding hydrogens is 468 g/mol. The molecule has 0 bridgehead atoms. The van der Waals surface area contributed by atoms with Crippen LogP contribution in [0.4, 0.5) is 0 Å². The van der Waals surface area contributed by atoms with Gasteiger partial charge in [-0.1, -0.05) is 56.3 Å². The minimum Gasteiger partial charge on any atom is -0.497 e. The number of aryl methyl sites for hydroxylation is 1. The van der Waals surface area contributed by atoms with Gasteiger partial charge in [0, 0.05) is 24.7 Å². The van der Waals surface area contributed by atoms with Gasteiger partial charge in [0.05, 0.1) is 7.11 Å². The molecule has 2 aromatic carbocycles. The summed E-state index contributed by atoms with van der Waals surface area (Å²) in [6, 6.07) is 17.9. The van der Waals surface area contributed by atoms with E-state index in [-0.39, 0.29) is 17.5 Å². The van der Waals surface area contributed by atoms with Crippen molar-refractivity contribution in [2.24, 2.45) is 11.7 Å². The summed E-state index contributed by atoms with van der Waals surface area (Å²) >= 11 is 0. The summed E-state index contributed by atoms with van der Waals surface area (Å²) < 4.78 is 5.17. The fraction of sp³-hybridized carbons (Fsp3) is 0.310. The standard InChI is InChI=1S/C29H34N4O4/c1-19(2)17-25(28(30)35)33-29(36)27-24(9-6-16-31-27)23-8-5-4-7-21(23)18-32-26(34)15-12-20-10-13-22(37-3)14-11-20/h4-11,13-14,16,19,25H,12,15,17-18H2,1-3H3,(H2,30,35)(H,32,34)(H,33,36)/t25-/m0/s1. The van der Waals surface area contributed by atoms with Crippen molar-refractivity contribution in [1.82, 2.24) is 15.6 Å². The Morgan fingerprint density at radius 2 is 1.68 bits per heavy atom. The SMILES string of the molecule is COc1ccc(CCC(=O)NCc2ccccc2-c2cccnc2C(=O)N[C@@H](CC(C)C)C(N)=O)cc1. The Bertz CT molecular complexity index is 1220. The van der Waals surface area contributed by atoms with Gasteiger partial charge in [0.1, 0.15) is 17.5 Å². The van der Waals surface area contributed by atoms with Crippen molar-refractivity contribution < 1.29 is 19.1 Å². The third kappa shape index (κ3) is 7.90. The molecule has 0 aliphatic rings. The van der Waals surface area contributed by atoms with Crippen molar-refractivity contribution in [2.45, 2.75) is 45.7 Å². The van der Waals surface area contributed by atoms with E-state index in [0.717, 1.165) is 22.4 Å². The van der Waals surface area contributed by atoms with Crippen molar-refractivity contribution >= 4 is 17.7 Å². The van der Waals surface area contributed by atoms with Crippen molar-refractivity contribution in [3.8, 4) is 16.9 Å². The van der Waals surface area contributed by atoms with Crippen molar-refractivity contribution in [1.29, 1.82) is 0 Å². The number of hydrogen-bond acceptors (Lipinski definition) is 5. The van der Waals surface area contributed by atoms with E-state index in [1.54, 1.807) is 19.2 Å². The van der Waals surface area contributed by atoms with Crippen LogP contribution >= 0.6 is 0 Å². The van der Waals surface area contributed by atoms with Gasteiger partial charge in [0.15, 0.2) is 0 Å². The second-order valence-corrected chi connectivity index (χ2v) is 9.24. The number of hydrogen-bond donors (Lipinski definition) is 3. The number of nitrogens with one attached hydrogen (secondary N) is 2. The minimum absolute atomic E-state index is 0.0761. The van der Waals surface area contributed by atoms with Crippen LogP contribution in [0.1, 0.15) is 48.3 Å². The molecule has 0 saturated carbocycles. The van der Waals surface area contributed by atoms with Crippen LogP contribution in [0.2, 0.25) is 0 Å². The van der Waals surface area contributed by atoms with Crippen LogP contribution in [0.25, 0.3) is 11.1 Å². The van der Waals surface area contributed by atoms with Crippen LogP contribution in [0.5, 0.6) is 5.75 Å². The number of carbonyl (C=O) groups excluding carboxylic acids is 3. The normalized spacial score (nSPS) is 11.6. The van der Waals surface area contributed by atoms with E-state index >= 15 is 0 Å². The van der Waals surface area contributed by atoms with Gasteiger partial charge in [0.2, 0.25) is 11.8 Å². The van der Waals surface area contributed by atoms with E-state index in [4.69, 9.17) is 10.5 Å². The first kappa shape index (κ1) is 27.4. The van der Waals surface area contributed by atoms with E-state index in [0.29, 0.717) is 31.4 Å². The Hall–Kier alpha value is -4.20. The summed E-state index contributed by atoms with van der Waals surface area (Å²) in [5, 5.41) is 5.70. The number of aromatic nitrogens is 1. The largest absolute Gasteiger partial charge is 0.497 e. The molecular formula is C29H34N4O4. The number of ether oxygens (including phenoxy) is 1. The quantitative estimate of drug-likeness (QED) is 0.349. The van der Waals surface area contributed by atoms with Gasteiger partial charge in [-0.2, -0.15) is 0 Å². The molecule has 0 radical (unpaired) electrons. The molecule has 4 N–H and O–H groups in total. The van der Waals surface area contributed by atoms with Crippen molar-refractivity contribution in [3.05, 3.63) is 83.7 Å². The van der Waals surface area contributed by atoms with Gasteiger partial charge in [-0.3, -0.25) is 19.4 Å². The van der Waals surface area contributed by atoms with Gasteiger partial charge >= 0.3 is 0 Å². The third-order valence-corrected chi connectivity index (χ3v) is 5.96. The second kappa shape index (κ2) is 13.2. The van der Waals surface area contributed by atoms with Gasteiger partial charge < -0.3 is 21.1 Å². The van der Waals surface area contributed by atoms with Crippen LogP contribution in [0, 0.1) is 5.92 Å². The number of amides is 3. The summed E-state index contributed by atoms with van der Waals surface area (Å²) in [6.45, 7) is 4.20. The van der Waals surface area contributed by atoms with Crippen LogP contribution in [-0.4, -0.2) is 35.9 Å². The maximum atomic E-state index is 13.1. The molecule has 194 valence electrons. The summed E-state index contributed by atoms with van der Waals surface area (Å²) in [5.74, 6) is -0.184. The number of rotatable bonds is 12. The zero-order valence-corrected chi connectivity index (χ0v) is 21.5. The monoisotopic (exact) mass is 502 g/mol. The molecule has 0 spiro atoms. The van der Waals surface area contributed by atoms with Crippen molar-refractivity contribution in [2.75, 3.05) is 7.11 Å². The average molecular weight is 503 g/mol. The maximum absolute atomic E-state index is 13.1. The van der Waals surface area contributed by atoms with Crippen LogP contribution in [0.3, 0.4) is 0 Å². The third-order valence-electron chi connectivity index (χ3n) is 5.96. The van der Waals surface area contributed by atoms with Gasteiger partial charge in [0.25, 0.3) is 5.91 Å².